The van der Waals surface area contributed by atoms with E-state index < -0.39 is 29.7 Å². The minimum absolute atomic E-state index is 0.0323. The van der Waals surface area contributed by atoms with E-state index in [-0.39, 0.29) is 23.7 Å². The van der Waals surface area contributed by atoms with Gasteiger partial charge in [0, 0.05) is 0 Å². The number of nitrogens with one attached hydrogen (secondary N) is 2. The Kier molecular flexibility index (Phi) is 7.42. The van der Waals surface area contributed by atoms with E-state index >= 15 is 0 Å². The number of hydrogen-bond donors (Lipinski definition) is 2. The van der Waals surface area contributed by atoms with Crippen LogP contribution < -0.4 is 10.6 Å². The van der Waals surface area contributed by atoms with Crippen molar-refractivity contribution in [3.05, 3.63) is 64.7 Å². The van der Waals surface area contributed by atoms with E-state index in [1.165, 1.54) is 7.11 Å². The summed E-state index contributed by atoms with van der Waals surface area (Å²) in [6.07, 6.45) is -4.28. The Balaban J connectivity index is 2.02. The van der Waals surface area contributed by atoms with Gasteiger partial charge in [-0.25, -0.2) is 0 Å². The summed E-state index contributed by atoms with van der Waals surface area (Å²) in [6.45, 7) is -0.320. The van der Waals surface area contributed by atoms with Crippen molar-refractivity contribution in [1.82, 2.24) is 5.32 Å². The minimum atomic E-state index is -4.56. The predicted octanol–water partition coefficient (Wildman–Crippen LogP) is 3.67. The van der Waals surface area contributed by atoms with Crippen LogP contribution in [0.2, 0.25) is 5.02 Å². The Labute approximate surface area is 164 Å². The van der Waals surface area contributed by atoms with Crippen molar-refractivity contribution in [3.63, 3.8) is 0 Å². The number of carbonyl (C=O) groups excluding carboxylic acids is 2. The van der Waals surface area contributed by atoms with Gasteiger partial charge in [-0.2, -0.15) is 13.2 Å². The number of anilines is 1. The SMILES string of the molecule is COC(=O)[C@H](Cc1ccccc1)NCC(=O)Nc1cc(C(F)(F)F)ccc1Cl. The molecule has 0 bridgehead atoms. The molecule has 2 aromatic carbocycles. The van der Waals surface area contributed by atoms with Crippen LogP contribution in [0.25, 0.3) is 0 Å². The highest BCUT2D eigenvalue weighted by molar-refractivity contribution is 6.33. The summed E-state index contributed by atoms with van der Waals surface area (Å²) >= 11 is 5.86. The molecule has 0 saturated heterocycles. The number of esters is 1. The highest BCUT2D eigenvalue weighted by atomic mass is 35.5. The second-order valence-electron chi connectivity index (χ2n) is 5.89. The summed E-state index contributed by atoms with van der Waals surface area (Å²) in [6, 6.07) is 10.9. The first kappa shape index (κ1) is 21.7. The highest BCUT2D eigenvalue weighted by Gasteiger charge is 2.31. The molecule has 9 heteroatoms. The number of carbonyl (C=O) groups is 2. The first-order chi connectivity index (χ1) is 13.2. The Morgan fingerprint density at radius 2 is 1.82 bits per heavy atom. The van der Waals surface area contributed by atoms with Gasteiger partial charge in [0.1, 0.15) is 6.04 Å². The Bertz CT molecular complexity index is 829. The molecule has 0 aliphatic heterocycles. The molecular weight excluding hydrogens is 397 g/mol. The van der Waals surface area contributed by atoms with Crippen LogP contribution in [-0.2, 0) is 26.9 Å². The fourth-order valence-corrected chi connectivity index (χ4v) is 2.60. The van der Waals surface area contributed by atoms with Crippen molar-refractivity contribution >= 4 is 29.2 Å². The first-order valence-corrected chi connectivity index (χ1v) is 8.60. The van der Waals surface area contributed by atoms with Crippen LogP contribution in [0.15, 0.2) is 48.5 Å². The number of benzene rings is 2. The Hall–Kier alpha value is -2.58. The normalized spacial score (nSPS) is 12.3. The molecule has 0 unspecified atom stereocenters. The molecule has 0 aliphatic carbocycles. The number of rotatable bonds is 7. The standard InChI is InChI=1S/C19H18ClF3N2O3/c1-28-18(27)16(9-12-5-3-2-4-6-12)24-11-17(26)25-15-10-13(19(21,22)23)7-8-14(15)20/h2-8,10,16,24H,9,11H2,1H3,(H,25,26)/t16-/m0/s1. The summed E-state index contributed by atoms with van der Waals surface area (Å²) in [7, 11) is 1.23. The zero-order chi connectivity index (χ0) is 20.7. The lowest BCUT2D eigenvalue weighted by Crippen LogP contribution is -2.43. The maximum atomic E-state index is 12.8. The number of amides is 1. The molecule has 1 amide bonds. The number of ether oxygens (including phenoxy) is 1. The van der Waals surface area contributed by atoms with Crippen molar-refractivity contribution in [2.75, 3.05) is 19.0 Å². The fraction of sp³-hybridized carbons (Fsp3) is 0.263. The van der Waals surface area contributed by atoms with E-state index in [0.29, 0.717) is 0 Å². The molecule has 0 spiro atoms. The zero-order valence-electron chi connectivity index (χ0n) is 14.8. The number of hydrogen-bond acceptors (Lipinski definition) is 4. The molecule has 28 heavy (non-hydrogen) atoms. The van der Waals surface area contributed by atoms with Gasteiger partial charge >= 0.3 is 12.1 Å². The van der Waals surface area contributed by atoms with Gasteiger partial charge in [-0.1, -0.05) is 41.9 Å². The lowest BCUT2D eigenvalue weighted by molar-refractivity contribution is -0.143. The van der Waals surface area contributed by atoms with Crippen molar-refractivity contribution in [2.24, 2.45) is 0 Å². The van der Waals surface area contributed by atoms with Crippen LogP contribution in [0.1, 0.15) is 11.1 Å². The number of alkyl halides is 3. The molecule has 0 heterocycles. The average molecular weight is 415 g/mol. The topological polar surface area (TPSA) is 67.4 Å². The smallest absolute Gasteiger partial charge is 0.416 e. The van der Waals surface area contributed by atoms with E-state index in [2.05, 4.69) is 10.6 Å². The third-order valence-corrected chi connectivity index (χ3v) is 4.17. The molecule has 0 aliphatic rings. The lowest BCUT2D eigenvalue weighted by atomic mass is 10.1. The molecule has 2 N–H and O–H groups in total. The fourth-order valence-electron chi connectivity index (χ4n) is 2.44. The molecule has 5 nitrogen and oxygen atoms in total. The summed E-state index contributed by atoms with van der Waals surface area (Å²) in [4.78, 5) is 24.1. The second kappa shape index (κ2) is 9.57. The third kappa shape index (κ3) is 6.24. The molecule has 0 saturated carbocycles. The quantitative estimate of drug-likeness (QED) is 0.678. The van der Waals surface area contributed by atoms with Gasteiger partial charge in [-0.15, -0.1) is 0 Å². The van der Waals surface area contributed by atoms with Crippen molar-refractivity contribution in [1.29, 1.82) is 0 Å². The lowest BCUT2D eigenvalue weighted by Gasteiger charge is -2.17. The Morgan fingerprint density at radius 1 is 1.14 bits per heavy atom. The van der Waals surface area contributed by atoms with Gasteiger partial charge in [0.15, 0.2) is 0 Å². The number of methoxy groups -OCH3 is 1. The van der Waals surface area contributed by atoms with Crippen LogP contribution >= 0.6 is 11.6 Å². The monoisotopic (exact) mass is 414 g/mol. The minimum Gasteiger partial charge on any atom is -0.468 e. The largest absolute Gasteiger partial charge is 0.468 e. The van der Waals surface area contributed by atoms with E-state index in [9.17, 15) is 22.8 Å². The van der Waals surface area contributed by atoms with Crippen LogP contribution in [0, 0.1) is 0 Å². The van der Waals surface area contributed by atoms with Crippen LogP contribution in [-0.4, -0.2) is 31.6 Å². The third-order valence-electron chi connectivity index (χ3n) is 3.85. The van der Waals surface area contributed by atoms with Crippen molar-refractivity contribution in [3.8, 4) is 0 Å². The van der Waals surface area contributed by atoms with Gasteiger partial charge in [-0.3, -0.25) is 14.9 Å². The maximum absolute atomic E-state index is 12.8. The second-order valence-corrected chi connectivity index (χ2v) is 6.29. The molecular formula is C19H18ClF3N2O3. The zero-order valence-corrected chi connectivity index (χ0v) is 15.6. The van der Waals surface area contributed by atoms with Gasteiger partial charge in [0.25, 0.3) is 0 Å². The number of halogens is 4. The summed E-state index contributed by atoms with van der Waals surface area (Å²) < 4.78 is 43.1. The van der Waals surface area contributed by atoms with Crippen molar-refractivity contribution < 1.29 is 27.5 Å². The van der Waals surface area contributed by atoms with E-state index in [4.69, 9.17) is 16.3 Å². The van der Waals surface area contributed by atoms with Crippen LogP contribution in [0.3, 0.4) is 0 Å². The van der Waals surface area contributed by atoms with Crippen LogP contribution in [0.5, 0.6) is 0 Å². The van der Waals surface area contributed by atoms with E-state index in [1.807, 2.05) is 30.3 Å². The molecule has 0 fully saturated rings. The highest BCUT2D eigenvalue weighted by Crippen LogP contribution is 2.33. The molecule has 0 radical (unpaired) electrons. The molecule has 1 atom stereocenters. The summed E-state index contributed by atoms with van der Waals surface area (Å²) in [5, 5.41) is 5.03. The van der Waals surface area contributed by atoms with Gasteiger partial charge in [0.05, 0.1) is 29.9 Å². The molecule has 2 aromatic rings. The molecule has 0 aromatic heterocycles. The first-order valence-electron chi connectivity index (χ1n) is 8.22. The van der Waals surface area contributed by atoms with Gasteiger partial charge in [-0.05, 0) is 30.2 Å². The summed E-state index contributed by atoms with van der Waals surface area (Å²) in [5.74, 6) is -1.21. The van der Waals surface area contributed by atoms with E-state index in [0.717, 1.165) is 23.8 Å². The molecule has 2 rings (SSSR count). The maximum Gasteiger partial charge on any atom is 0.416 e. The van der Waals surface area contributed by atoms with Crippen molar-refractivity contribution in [2.45, 2.75) is 18.6 Å². The van der Waals surface area contributed by atoms with E-state index in [1.54, 1.807) is 0 Å². The predicted molar refractivity (Wildman–Crippen MR) is 99.0 cm³/mol. The Morgan fingerprint density at radius 3 is 2.43 bits per heavy atom. The van der Waals surface area contributed by atoms with Gasteiger partial charge < -0.3 is 10.1 Å². The average Bonchev–Trinajstić information content (AvgIpc) is 2.66. The van der Waals surface area contributed by atoms with Crippen LogP contribution in [0.4, 0.5) is 18.9 Å². The summed E-state index contributed by atoms with van der Waals surface area (Å²) in [5.41, 5.74) is -0.246. The molecule has 150 valence electrons. The van der Waals surface area contributed by atoms with Gasteiger partial charge in [0.2, 0.25) is 5.91 Å².